The van der Waals surface area contributed by atoms with E-state index < -0.39 is 0 Å². The first kappa shape index (κ1) is 19.2. The minimum Gasteiger partial charge on any atom is -0.358 e. The van der Waals surface area contributed by atoms with Crippen LogP contribution in [0.4, 0.5) is 5.69 Å². The molecule has 1 heterocycles. The van der Waals surface area contributed by atoms with Crippen LogP contribution in [-0.4, -0.2) is 35.3 Å². The van der Waals surface area contributed by atoms with Crippen LogP contribution in [0.2, 0.25) is 0 Å². The van der Waals surface area contributed by atoms with E-state index in [1.807, 2.05) is 43.3 Å². The molecule has 1 atom stereocenters. The normalized spacial score (nSPS) is 15.8. The highest BCUT2D eigenvalue weighted by Crippen LogP contribution is 2.33. The van der Waals surface area contributed by atoms with Crippen LogP contribution in [0.3, 0.4) is 0 Å². The molecule has 29 heavy (non-hydrogen) atoms. The lowest BCUT2D eigenvalue weighted by Crippen LogP contribution is -2.35. The summed E-state index contributed by atoms with van der Waals surface area (Å²) in [7, 11) is 1.67. The number of amides is 2. The predicted molar refractivity (Wildman–Crippen MR) is 116 cm³/mol. The molecule has 1 aliphatic rings. The number of rotatable bonds is 4. The van der Waals surface area contributed by atoms with Gasteiger partial charge in [-0.05, 0) is 55.9 Å². The Morgan fingerprint density at radius 2 is 1.93 bits per heavy atom. The van der Waals surface area contributed by atoms with E-state index in [1.165, 1.54) is 22.6 Å². The summed E-state index contributed by atoms with van der Waals surface area (Å²) in [4.78, 5) is 30.4. The first-order valence-electron chi connectivity index (χ1n) is 10.2. The summed E-state index contributed by atoms with van der Waals surface area (Å²) in [6.07, 6.45) is 3.23. The number of nitrogens with zero attached hydrogens (tertiary/aromatic N) is 1. The summed E-state index contributed by atoms with van der Waals surface area (Å²) >= 11 is 0. The summed E-state index contributed by atoms with van der Waals surface area (Å²) in [6.45, 7) is 4.27. The SMILES string of the molecule is Cc1ccc(NC(=O)CN(C)C(=O)c2cccc3c4c([nH]c23)CCC(C)C4)cc1. The Morgan fingerprint density at radius 1 is 1.17 bits per heavy atom. The van der Waals surface area contributed by atoms with Crippen LogP contribution in [0, 0.1) is 12.8 Å². The average Bonchev–Trinajstić information content (AvgIpc) is 3.07. The lowest BCUT2D eigenvalue weighted by Gasteiger charge is -2.18. The number of hydrogen-bond donors (Lipinski definition) is 2. The summed E-state index contributed by atoms with van der Waals surface area (Å²) in [5.74, 6) is 0.298. The number of benzene rings is 2. The molecule has 0 bridgehead atoms. The molecule has 5 nitrogen and oxygen atoms in total. The van der Waals surface area contributed by atoms with Crippen molar-refractivity contribution in [3.63, 3.8) is 0 Å². The number of aryl methyl sites for hydroxylation is 2. The number of carbonyl (C=O) groups excluding carboxylic acids is 2. The molecular formula is C24H27N3O2. The standard InChI is InChI=1S/C24H27N3O2/c1-15-7-10-17(11-8-15)25-22(28)14-27(3)24(29)19-6-4-5-18-20-13-16(2)9-12-21(20)26-23(18)19/h4-8,10-11,16,26H,9,12-14H2,1-3H3,(H,25,28). The van der Waals surface area contributed by atoms with Gasteiger partial charge in [-0.25, -0.2) is 0 Å². The number of fused-ring (bicyclic) bond motifs is 3. The largest absolute Gasteiger partial charge is 0.358 e. The summed E-state index contributed by atoms with van der Waals surface area (Å²) in [5, 5.41) is 3.98. The molecule has 0 saturated heterocycles. The fraction of sp³-hybridized carbons (Fsp3) is 0.333. The third-order valence-electron chi connectivity index (χ3n) is 5.76. The maximum Gasteiger partial charge on any atom is 0.256 e. The number of aromatic nitrogens is 1. The van der Waals surface area contributed by atoms with Gasteiger partial charge in [-0.3, -0.25) is 9.59 Å². The highest BCUT2D eigenvalue weighted by atomic mass is 16.2. The smallest absolute Gasteiger partial charge is 0.256 e. The van der Waals surface area contributed by atoms with Crippen molar-refractivity contribution in [2.75, 3.05) is 18.9 Å². The van der Waals surface area contributed by atoms with Crippen molar-refractivity contribution in [1.82, 2.24) is 9.88 Å². The van der Waals surface area contributed by atoms with Gasteiger partial charge >= 0.3 is 0 Å². The molecule has 5 heteroatoms. The first-order valence-corrected chi connectivity index (χ1v) is 10.2. The zero-order valence-electron chi connectivity index (χ0n) is 17.2. The number of hydrogen-bond acceptors (Lipinski definition) is 2. The number of anilines is 1. The van der Waals surface area contributed by atoms with Crippen molar-refractivity contribution < 1.29 is 9.59 Å². The minimum absolute atomic E-state index is 0.000550. The predicted octanol–water partition coefficient (Wildman–Crippen LogP) is 4.31. The second-order valence-electron chi connectivity index (χ2n) is 8.23. The van der Waals surface area contributed by atoms with Crippen LogP contribution in [0.15, 0.2) is 42.5 Å². The number of para-hydroxylation sites is 1. The van der Waals surface area contributed by atoms with Crippen LogP contribution in [0.1, 0.15) is 40.5 Å². The molecule has 1 aliphatic carbocycles. The zero-order chi connectivity index (χ0) is 20.5. The summed E-state index contributed by atoms with van der Waals surface area (Å²) in [6, 6.07) is 13.5. The maximum atomic E-state index is 13.1. The molecule has 0 aliphatic heterocycles. The van der Waals surface area contributed by atoms with E-state index in [0.29, 0.717) is 11.5 Å². The zero-order valence-corrected chi connectivity index (χ0v) is 17.2. The molecule has 2 N–H and O–H groups in total. The van der Waals surface area contributed by atoms with Crippen molar-refractivity contribution in [3.05, 3.63) is 64.8 Å². The Hall–Kier alpha value is -3.08. The van der Waals surface area contributed by atoms with E-state index in [1.54, 1.807) is 7.05 Å². The molecule has 2 aromatic carbocycles. The maximum absolute atomic E-state index is 13.1. The number of nitrogens with one attached hydrogen (secondary N) is 2. The highest BCUT2D eigenvalue weighted by Gasteiger charge is 2.24. The van der Waals surface area contributed by atoms with E-state index >= 15 is 0 Å². The molecule has 1 unspecified atom stereocenters. The van der Waals surface area contributed by atoms with Crippen LogP contribution in [0.25, 0.3) is 10.9 Å². The topological polar surface area (TPSA) is 65.2 Å². The molecule has 2 amide bonds. The van der Waals surface area contributed by atoms with Gasteiger partial charge in [-0.1, -0.05) is 36.8 Å². The van der Waals surface area contributed by atoms with Crippen molar-refractivity contribution in [3.8, 4) is 0 Å². The monoisotopic (exact) mass is 389 g/mol. The van der Waals surface area contributed by atoms with E-state index in [9.17, 15) is 9.59 Å². The second-order valence-corrected chi connectivity index (χ2v) is 8.23. The fourth-order valence-electron chi connectivity index (χ4n) is 4.12. The van der Waals surface area contributed by atoms with Crippen molar-refractivity contribution in [2.45, 2.75) is 33.1 Å². The van der Waals surface area contributed by atoms with Crippen LogP contribution < -0.4 is 5.32 Å². The molecule has 0 fully saturated rings. The molecule has 0 saturated carbocycles. The number of H-pyrrole nitrogens is 1. The lowest BCUT2D eigenvalue weighted by molar-refractivity contribution is -0.116. The number of carbonyl (C=O) groups is 2. The average molecular weight is 389 g/mol. The number of aromatic amines is 1. The van der Waals surface area contributed by atoms with Gasteiger partial charge in [0.25, 0.3) is 5.91 Å². The molecular weight excluding hydrogens is 362 g/mol. The molecule has 4 rings (SSSR count). The third kappa shape index (κ3) is 3.90. The van der Waals surface area contributed by atoms with Gasteiger partial charge in [0.05, 0.1) is 17.6 Å². The van der Waals surface area contributed by atoms with Crippen molar-refractivity contribution >= 4 is 28.4 Å². The summed E-state index contributed by atoms with van der Waals surface area (Å²) in [5.41, 5.74) is 5.96. The Morgan fingerprint density at radius 3 is 2.69 bits per heavy atom. The van der Waals surface area contributed by atoms with Crippen LogP contribution >= 0.6 is 0 Å². The lowest BCUT2D eigenvalue weighted by atomic mass is 9.87. The van der Waals surface area contributed by atoms with Gasteiger partial charge in [0.15, 0.2) is 0 Å². The minimum atomic E-state index is -0.212. The third-order valence-corrected chi connectivity index (χ3v) is 5.76. The van der Waals surface area contributed by atoms with E-state index in [-0.39, 0.29) is 18.4 Å². The summed E-state index contributed by atoms with van der Waals surface area (Å²) < 4.78 is 0. The van der Waals surface area contributed by atoms with E-state index in [4.69, 9.17) is 0 Å². The van der Waals surface area contributed by atoms with Gasteiger partial charge in [0, 0.05) is 23.8 Å². The van der Waals surface area contributed by atoms with Gasteiger partial charge in [-0.15, -0.1) is 0 Å². The van der Waals surface area contributed by atoms with Crippen molar-refractivity contribution in [2.24, 2.45) is 5.92 Å². The van der Waals surface area contributed by atoms with Gasteiger partial charge in [0.1, 0.15) is 0 Å². The second kappa shape index (κ2) is 7.74. The van der Waals surface area contributed by atoms with Crippen molar-refractivity contribution in [1.29, 1.82) is 0 Å². The van der Waals surface area contributed by atoms with Gasteiger partial charge < -0.3 is 15.2 Å². The molecule has 0 radical (unpaired) electrons. The first-order chi connectivity index (χ1) is 13.9. The Labute approximate surface area is 171 Å². The molecule has 150 valence electrons. The number of likely N-dealkylation sites (N-methyl/N-ethyl adjacent to an activating group) is 1. The van der Waals surface area contributed by atoms with Gasteiger partial charge in [-0.2, -0.15) is 0 Å². The Bertz CT molecular complexity index is 1070. The van der Waals surface area contributed by atoms with Crippen LogP contribution in [0.5, 0.6) is 0 Å². The van der Waals surface area contributed by atoms with E-state index in [2.05, 4.69) is 23.3 Å². The Balaban J connectivity index is 1.52. The molecule has 1 aromatic heterocycles. The molecule has 3 aromatic rings. The van der Waals surface area contributed by atoms with Crippen LogP contribution in [-0.2, 0) is 17.6 Å². The highest BCUT2D eigenvalue weighted by molar-refractivity contribution is 6.08. The quantitative estimate of drug-likeness (QED) is 0.698. The molecule has 0 spiro atoms. The Kier molecular flexibility index (Phi) is 5.14. The fourth-order valence-corrected chi connectivity index (χ4v) is 4.12. The van der Waals surface area contributed by atoms with E-state index in [0.717, 1.165) is 35.0 Å². The van der Waals surface area contributed by atoms with Gasteiger partial charge in [0.2, 0.25) is 5.91 Å².